The Balaban J connectivity index is 1.65. The molecule has 0 aromatic heterocycles. The first kappa shape index (κ1) is 16.9. The highest BCUT2D eigenvalue weighted by molar-refractivity contribution is 5.54. The van der Waals surface area contributed by atoms with Gasteiger partial charge < -0.3 is 10.6 Å². The second-order valence-electron chi connectivity index (χ2n) is 6.70. The quantitative estimate of drug-likeness (QED) is 0.916. The lowest BCUT2D eigenvalue weighted by molar-refractivity contribution is 0.249. The molecule has 0 amide bonds. The summed E-state index contributed by atoms with van der Waals surface area (Å²) in [6, 6.07) is 15.7. The predicted molar refractivity (Wildman–Crippen MR) is 97.7 cm³/mol. The van der Waals surface area contributed by atoms with Crippen LogP contribution in [0.1, 0.15) is 18.1 Å². The fourth-order valence-corrected chi connectivity index (χ4v) is 3.34. The van der Waals surface area contributed by atoms with E-state index in [0.29, 0.717) is 0 Å². The van der Waals surface area contributed by atoms with E-state index in [1.54, 1.807) is 6.07 Å². The number of rotatable bonds is 5. The molecule has 24 heavy (non-hydrogen) atoms. The summed E-state index contributed by atoms with van der Waals surface area (Å²) in [5, 5.41) is 0. The number of hydrogen-bond acceptors (Lipinski definition) is 3. The lowest BCUT2D eigenvalue weighted by atomic mass is 10.0. The van der Waals surface area contributed by atoms with Crippen molar-refractivity contribution < 1.29 is 4.39 Å². The summed E-state index contributed by atoms with van der Waals surface area (Å²) >= 11 is 0. The van der Waals surface area contributed by atoms with Crippen LogP contribution in [-0.2, 0) is 13.0 Å². The Morgan fingerprint density at radius 3 is 2.42 bits per heavy atom. The molecule has 2 N–H and O–H groups in total. The lowest BCUT2D eigenvalue weighted by Gasteiger charge is -2.37. The van der Waals surface area contributed by atoms with Crippen LogP contribution < -0.4 is 10.6 Å². The third-order valence-corrected chi connectivity index (χ3v) is 4.55. The standard InChI is InChI=1S/C20H26FN3/c1-16(22)13-18-7-8-19(21)14-20(18)24-11-9-23(10-12-24)15-17-5-3-2-4-6-17/h2-8,14,16H,9-13,15,22H2,1H3. The van der Waals surface area contributed by atoms with Crippen molar-refractivity contribution in [3.05, 3.63) is 65.5 Å². The molecule has 0 saturated carbocycles. The van der Waals surface area contributed by atoms with E-state index in [4.69, 9.17) is 5.73 Å². The van der Waals surface area contributed by atoms with Gasteiger partial charge in [0.25, 0.3) is 0 Å². The molecule has 4 heteroatoms. The molecule has 3 nitrogen and oxygen atoms in total. The second kappa shape index (κ2) is 7.77. The smallest absolute Gasteiger partial charge is 0.125 e. The molecule has 1 aliphatic heterocycles. The van der Waals surface area contributed by atoms with Crippen LogP contribution in [0.25, 0.3) is 0 Å². The fourth-order valence-electron chi connectivity index (χ4n) is 3.34. The Kier molecular flexibility index (Phi) is 5.48. The molecule has 1 heterocycles. The Labute approximate surface area is 143 Å². The molecule has 1 unspecified atom stereocenters. The van der Waals surface area contributed by atoms with Crippen molar-refractivity contribution in [1.82, 2.24) is 4.90 Å². The van der Waals surface area contributed by atoms with E-state index in [2.05, 4.69) is 34.1 Å². The minimum atomic E-state index is -0.176. The lowest BCUT2D eigenvalue weighted by Crippen LogP contribution is -2.46. The molecule has 1 saturated heterocycles. The summed E-state index contributed by atoms with van der Waals surface area (Å²) in [6.07, 6.45) is 0.778. The van der Waals surface area contributed by atoms with Crippen LogP contribution in [0.3, 0.4) is 0 Å². The normalized spacial score (nSPS) is 17.0. The van der Waals surface area contributed by atoms with Gasteiger partial charge in [0.05, 0.1) is 0 Å². The Morgan fingerprint density at radius 1 is 1.04 bits per heavy atom. The van der Waals surface area contributed by atoms with Crippen molar-refractivity contribution in [3.63, 3.8) is 0 Å². The maximum Gasteiger partial charge on any atom is 0.125 e. The van der Waals surface area contributed by atoms with Crippen molar-refractivity contribution >= 4 is 5.69 Å². The van der Waals surface area contributed by atoms with Crippen LogP contribution in [0, 0.1) is 5.82 Å². The Bertz CT molecular complexity index is 649. The summed E-state index contributed by atoms with van der Waals surface area (Å²) < 4.78 is 13.7. The average molecular weight is 327 g/mol. The number of hydrogen-bond donors (Lipinski definition) is 1. The van der Waals surface area contributed by atoms with Gasteiger partial charge in [0.15, 0.2) is 0 Å². The van der Waals surface area contributed by atoms with Crippen molar-refractivity contribution in [2.45, 2.75) is 25.9 Å². The molecular formula is C20H26FN3. The van der Waals surface area contributed by atoms with Crippen LogP contribution >= 0.6 is 0 Å². The van der Waals surface area contributed by atoms with E-state index in [0.717, 1.165) is 50.4 Å². The maximum absolute atomic E-state index is 13.7. The fraction of sp³-hybridized carbons (Fsp3) is 0.400. The average Bonchev–Trinajstić information content (AvgIpc) is 2.58. The van der Waals surface area contributed by atoms with Crippen LogP contribution in [0.5, 0.6) is 0 Å². The van der Waals surface area contributed by atoms with Gasteiger partial charge >= 0.3 is 0 Å². The van der Waals surface area contributed by atoms with Crippen molar-refractivity contribution in [1.29, 1.82) is 0 Å². The highest BCUT2D eigenvalue weighted by Gasteiger charge is 2.20. The first-order valence-electron chi connectivity index (χ1n) is 8.67. The molecule has 2 aromatic rings. The number of piperazine rings is 1. The van der Waals surface area contributed by atoms with Gasteiger partial charge in [-0.1, -0.05) is 36.4 Å². The number of anilines is 1. The van der Waals surface area contributed by atoms with Gasteiger partial charge in [-0.2, -0.15) is 0 Å². The number of nitrogens with two attached hydrogens (primary N) is 1. The van der Waals surface area contributed by atoms with E-state index in [1.807, 2.05) is 19.1 Å². The minimum absolute atomic E-state index is 0.0774. The van der Waals surface area contributed by atoms with Crippen molar-refractivity contribution in [2.75, 3.05) is 31.1 Å². The van der Waals surface area contributed by atoms with Crippen LogP contribution in [0.2, 0.25) is 0 Å². The van der Waals surface area contributed by atoms with E-state index in [9.17, 15) is 4.39 Å². The summed E-state index contributed by atoms with van der Waals surface area (Å²) in [5.74, 6) is -0.176. The van der Waals surface area contributed by atoms with E-state index >= 15 is 0 Å². The summed E-state index contributed by atoms with van der Waals surface area (Å²) in [7, 11) is 0. The van der Waals surface area contributed by atoms with Gasteiger partial charge in [0.2, 0.25) is 0 Å². The number of nitrogens with zero attached hydrogens (tertiary/aromatic N) is 2. The zero-order valence-electron chi connectivity index (χ0n) is 14.3. The number of benzene rings is 2. The highest BCUT2D eigenvalue weighted by atomic mass is 19.1. The zero-order valence-corrected chi connectivity index (χ0v) is 14.3. The Hall–Kier alpha value is -1.91. The molecule has 0 aliphatic carbocycles. The Morgan fingerprint density at radius 2 is 1.75 bits per heavy atom. The topological polar surface area (TPSA) is 32.5 Å². The van der Waals surface area contributed by atoms with Gasteiger partial charge in [-0.05, 0) is 36.6 Å². The molecule has 0 bridgehead atoms. The van der Waals surface area contributed by atoms with Crippen LogP contribution in [-0.4, -0.2) is 37.1 Å². The monoisotopic (exact) mass is 327 g/mol. The van der Waals surface area contributed by atoms with E-state index in [-0.39, 0.29) is 11.9 Å². The third-order valence-electron chi connectivity index (χ3n) is 4.55. The van der Waals surface area contributed by atoms with Crippen LogP contribution in [0.4, 0.5) is 10.1 Å². The van der Waals surface area contributed by atoms with E-state index < -0.39 is 0 Å². The largest absolute Gasteiger partial charge is 0.369 e. The van der Waals surface area contributed by atoms with Crippen LogP contribution in [0.15, 0.2) is 48.5 Å². The molecule has 128 valence electrons. The third kappa shape index (κ3) is 4.34. The minimum Gasteiger partial charge on any atom is -0.369 e. The van der Waals surface area contributed by atoms with Crippen molar-refractivity contribution in [3.8, 4) is 0 Å². The predicted octanol–water partition coefficient (Wildman–Crippen LogP) is 3.04. The molecule has 1 atom stereocenters. The van der Waals surface area contributed by atoms with Gasteiger partial charge in [-0.15, -0.1) is 0 Å². The summed E-state index contributed by atoms with van der Waals surface area (Å²) in [4.78, 5) is 4.75. The molecule has 0 spiro atoms. The summed E-state index contributed by atoms with van der Waals surface area (Å²) in [6.45, 7) is 6.78. The highest BCUT2D eigenvalue weighted by Crippen LogP contribution is 2.25. The van der Waals surface area contributed by atoms with Crippen molar-refractivity contribution in [2.24, 2.45) is 5.73 Å². The molecule has 1 fully saturated rings. The zero-order chi connectivity index (χ0) is 16.9. The number of halogens is 1. The van der Waals surface area contributed by atoms with Gasteiger partial charge in [0.1, 0.15) is 5.82 Å². The molecule has 0 radical (unpaired) electrons. The summed E-state index contributed by atoms with van der Waals surface area (Å²) in [5.41, 5.74) is 9.44. The van der Waals surface area contributed by atoms with E-state index in [1.165, 1.54) is 11.6 Å². The molecule has 2 aromatic carbocycles. The molecule has 1 aliphatic rings. The second-order valence-corrected chi connectivity index (χ2v) is 6.70. The maximum atomic E-state index is 13.7. The van der Waals surface area contributed by atoms with Gasteiger partial charge in [-0.25, -0.2) is 4.39 Å². The van der Waals surface area contributed by atoms with Gasteiger partial charge in [-0.3, -0.25) is 4.90 Å². The van der Waals surface area contributed by atoms with Gasteiger partial charge in [0, 0.05) is 44.5 Å². The first-order valence-corrected chi connectivity index (χ1v) is 8.67. The first-order chi connectivity index (χ1) is 11.6. The molecular weight excluding hydrogens is 301 g/mol. The SMILES string of the molecule is CC(N)Cc1ccc(F)cc1N1CCN(Cc2ccccc2)CC1. The molecule has 3 rings (SSSR count).